The normalized spacial score (nSPS) is 23.8. The van der Waals surface area contributed by atoms with E-state index in [-0.39, 0.29) is 23.5 Å². The fourth-order valence-electron chi connectivity index (χ4n) is 2.63. The first kappa shape index (κ1) is 14.8. The minimum Gasteiger partial charge on any atom is -0.385 e. The Kier molecular flexibility index (Phi) is 4.28. The highest BCUT2D eigenvalue weighted by Gasteiger charge is 2.49. The molecule has 0 spiro atoms. The Morgan fingerprint density at radius 3 is 2.90 bits per heavy atom. The molecule has 5 heteroatoms. The molecule has 1 aliphatic carbocycles. The van der Waals surface area contributed by atoms with Crippen LogP contribution in [0.2, 0.25) is 0 Å². The topological polar surface area (TPSA) is 63.2 Å². The van der Waals surface area contributed by atoms with Crippen molar-refractivity contribution >= 4 is 11.6 Å². The van der Waals surface area contributed by atoms with E-state index >= 15 is 0 Å². The number of hydrogen-bond donors (Lipinski definition) is 2. The van der Waals surface area contributed by atoms with Gasteiger partial charge in [-0.2, -0.15) is 0 Å². The first-order valence-corrected chi connectivity index (χ1v) is 7.02. The van der Waals surface area contributed by atoms with Crippen molar-refractivity contribution in [3.63, 3.8) is 0 Å². The molecule has 0 bridgehead atoms. The van der Waals surface area contributed by atoms with Gasteiger partial charge < -0.3 is 15.4 Å². The van der Waals surface area contributed by atoms with Crippen molar-refractivity contribution in [2.45, 2.75) is 39.3 Å². The molecule has 2 atom stereocenters. The molecule has 2 unspecified atom stereocenters. The van der Waals surface area contributed by atoms with Gasteiger partial charge in [0.1, 0.15) is 5.69 Å². The van der Waals surface area contributed by atoms with Gasteiger partial charge in [-0.05, 0) is 25.5 Å². The minimum atomic E-state index is -0.127. The SMILES string of the molecule is CCNc1ccnc(C(=O)NC2CC(OC)C2(C)C)c1. The van der Waals surface area contributed by atoms with Crippen molar-refractivity contribution in [1.29, 1.82) is 0 Å². The lowest BCUT2D eigenvalue weighted by Crippen LogP contribution is -2.61. The summed E-state index contributed by atoms with van der Waals surface area (Å²) in [5, 5.41) is 6.22. The molecule has 2 N–H and O–H groups in total. The molecule has 1 aromatic heterocycles. The molecular formula is C15H23N3O2. The molecule has 1 heterocycles. The van der Waals surface area contributed by atoms with Crippen LogP contribution in [0.5, 0.6) is 0 Å². The van der Waals surface area contributed by atoms with Gasteiger partial charge in [0.2, 0.25) is 0 Å². The zero-order valence-corrected chi connectivity index (χ0v) is 12.6. The predicted molar refractivity (Wildman–Crippen MR) is 78.8 cm³/mol. The first-order chi connectivity index (χ1) is 9.48. The standard InChI is InChI=1S/C15H23N3O2/c1-5-16-10-6-7-17-11(8-10)14(19)18-12-9-13(20-4)15(12,2)3/h6-8,12-13H,5,9H2,1-4H3,(H,16,17)(H,18,19). The van der Waals surface area contributed by atoms with Crippen molar-refractivity contribution < 1.29 is 9.53 Å². The van der Waals surface area contributed by atoms with Crippen LogP contribution >= 0.6 is 0 Å². The van der Waals surface area contributed by atoms with Crippen molar-refractivity contribution in [1.82, 2.24) is 10.3 Å². The fraction of sp³-hybridized carbons (Fsp3) is 0.600. The Hall–Kier alpha value is -1.62. The first-order valence-electron chi connectivity index (χ1n) is 7.02. The van der Waals surface area contributed by atoms with E-state index in [1.165, 1.54) is 0 Å². The zero-order valence-electron chi connectivity index (χ0n) is 12.6. The molecule has 1 aromatic rings. The van der Waals surface area contributed by atoms with E-state index in [0.29, 0.717) is 5.69 Å². The van der Waals surface area contributed by atoms with Crippen LogP contribution in [0.3, 0.4) is 0 Å². The maximum atomic E-state index is 12.2. The van der Waals surface area contributed by atoms with Crippen LogP contribution in [0, 0.1) is 5.41 Å². The van der Waals surface area contributed by atoms with Crippen LogP contribution in [-0.2, 0) is 4.74 Å². The molecule has 0 saturated heterocycles. The van der Waals surface area contributed by atoms with E-state index in [0.717, 1.165) is 18.7 Å². The van der Waals surface area contributed by atoms with Gasteiger partial charge in [0.25, 0.3) is 5.91 Å². The number of carbonyl (C=O) groups excluding carboxylic acids is 1. The largest absolute Gasteiger partial charge is 0.385 e. The van der Waals surface area contributed by atoms with E-state index in [1.807, 2.05) is 13.0 Å². The molecule has 1 aliphatic rings. The number of anilines is 1. The van der Waals surface area contributed by atoms with Crippen LogP contribution in [-0.4, -0.2) is 36.7 Å². The molecule has 20 heavy (non-hydrogen) atoms. The smallest absolute Gasteiger partial charge is 0.270 e. The van der Waals surface area contributed by atoms with Gasteiger partial charge >= 0.3 is 0 Å². The Morgan fingerprint density at radius 2 is 2.30 bits per heavy atom. The minimum absolute atomic E-state index is 0.0380. The van der Waals surface area contributed by atoms with Gasteiger partial charge in [0.05, 0.1) is 6.10 Å². The summed E-state index contributed by atoms with van der Waals surface area (Å²) in [7, 11) is 1.71. The molecule has 5 nitrogen and oxygen atoms in total. The molecule has 1 amide bonds. The molecule has 0 aromatic carbocycles. The van der Waals surface area contributed by atoms with Gasteiger partial charge in [-0.3, -0.25) is 9.78 Å². The molecule has 0 radical (unpaired) electrons. The predicted octanol–water partition coefficient (Wildman–Crippen LogP) is 2.06. The average Bonchev–Trinajstić information content (AvgIpc) is 2.43. The summed E-state index contributed by atoms with van der Waals surface area (Å²) in [6.07, 6.45) is 2.70. The lowest BCUT2D eigenvalue weighted by Gasteiger charge is -2.51. The van der Waals surface area contributed by atoms with E-state index < -0.39 is 0 Å². The van der Waals surface area contributed by atoms with E-state index in [9.17, 15) is 4.79 Å². The monoisotopic (exact) mass is 277 g/mol. The molecule has 1 saturated carbocycles. The summed E-state index contributed by atoms with van der Waals surface area (Å²) < 4.78 is 5.39. The quantitative estimate of drug-likeness (QED) is 0.864. The van der Waals surface area contributed by atoms with E-state index in [4.69, 9.17) is 4.74 Å². The summed E-state index contributed by atoms with van der Waals surface area (Å²) in [6.45, 7) is 7.05. The number of amides is 1. The third kappa shape index (κ3) is 2.77. The maximum absolute atomic E-state index is 12.2. The number of carbonyl (C=O) groups is 1. The summed E-state index contributed by atoms with van der Waals surface area (Å²) in [5.41, 5.74) is 1.32. The van der Waals surface area contributed by atoms with Crippen LogP contribution in [0.25, 0.3) is 0 Å². The number of pyridine rings is 1. The summed E-state index contributed by atoms with van der Waals surface area (Å²) >= 11 is 0. The molecule has 1 fully saturated rings. The van der Waals surface area contributed by atoms with Crippen LogP contribution in [0.4, 0.5) is 5.69 Å². The highest BCUT2D eigenvalue weighted by molar-refractivity contribution is 5.93. The number of rotatable bonds is 5. The summed E-state index contributed by atoms with van der Waals surface area (Å²) in [5.74, 6) is -0.127. The average molecular weight is 277 g/mol. The molecule has 0 aliphatic heterocycles. The Balaban J connectivity index is 2.01. The Bertz CT molecular complexity index is 488. The number of hydrogen-bond acceptors (Lipinski definition) is 4. The van der Waals surface area contributed by atoms with Crippen LogP contribution < -0.4 is 10.6 Å². The Morgan fingerprint density at radius 1 is 1.55 bits per heavy atom. The Labute approximate surface area is 120 Å². The van der Waals surface area contributed by atoms with E-state index in [2.05, 4.69) is 29.5 Å². The highest BCUT2D eigenvalue weighted by atomic mass is 16.5. The number of methoxy groups -OCH3 is 1. The zero-order chi connectivity index (χ0) is 14.8. The second-order valence-electron chi connectivity index (χ2n) is 5.77. The van der Waals surface area contributed by atoms with Crippen LogP contribution in [0.15, 0.2) is 18.3 Å². The third-order valence-electron chi connectivity index (χ3n) is 4.14. The number of nitrogens with one attached hydrogen (secondary N) is 2. The second-order valence-corrected chi connectivity index (χ2v) is 5.77. The molecule has 2 rings (SSSR count). The molecule has 110 valence electrons. The van der Waals surface area contributed by atoms with Crippen molar-refractivity contribution in [2.75, 3.05) is 19.0 Å². The molecular weight excluding hydrogens is 254 g/mol. The fourth-order valence-corrected chi connectivity index (χ4v) is 2.63. The number of ether oxygens (including phenoxy) is 1. The summed E-state index contributed by atoms with van der Waals surface area (Å²) in [4.78, 5) is 16.4. The van der Waals surface area contributed by atoms with Gasteiger partial charge in [0.15, 0.2) is 0 Å². The number of aromatic nitrogens is 1. The highest BCUT2D eigenvalue weighted by Crippen LogP contribution is 2.42. The third-order valence-corrected chi connectivity index (χ3v) is 4.14. The lowest BCUT2D eigenvalue weighted by atomic mass is 9.64. The summed E-state index contributed by atoms with van der Waals surface area (Å²) in [6, 6.07) is 3.76. The number of nitrogens with zero attached hydrogens (tertiary/aromatic N) is 1. The van der Waals surface area contributed by atoms with Crippen molar-refractivity contribution in [3.05, 3.63) is 24.0 Å². The second kappa shape index (κ2) is 5.79. The van der Waals surface area contributed by atoms with Crippen LogP contribution in [0.1, 0.15) is 37.7 Å². The maximum Gasteiger partial charge on any atom is 0.270 e. The van der Waals surface area contributed by atoms with E-state index in [1.54, 1.807) is 19.4 Å². The van der Waals surface area contributed by atoms with Gasteiger partial charge in [-0.1, -0.05) is 13.8 Å². The lowest BCUT2D eigenvalue weighted by molar-refractivity contribution is -0.0942. The van der Waals surface area contributed by atoms with Gasteiger partial charge in [-0.15, -0.1) is 0 Å². The van der Waals surface area contributed by atoms with Crippen molar-refractivity contribution in [2.24, 2.45) is 5.41 Å². The van der Waals surface area contributed by atoms with Gasteiger partial charge in [0, 0.05) is 37.0 Å². The van der Waals surface area contributed by atoms with Crippen molar-refractivity contribution in [3.8, 4) is 0 Å². The van der Waals surface area contributed by atoms with Gasteiger partial charge in [-0.25, -0.2) is 0 Å².